The largest absolute Gasteiger partial charge is 0.388 e. The van der Waals surface area contributed by atoms with Gasteiger partial charge < -0.3 is 15.7 Å². The van der Waals surface area contributed by atoms with E-state index in [1.807, 2.05) is 37.4 Å². The average molecular weight is 312 g/mol. The van der Waals surface area contributed by atoms with Gasteiger partial charge >= 0.3 is 0 Å². The number of anilines is 2. The molecule has 5 nitrogen and oxygen atoms in total. The Morgan fingerprint density at radius 1 is 1.17 bits per heavy atom. The van der Waals surface area contributed by atoms with Crippen LogP contribution in [0.25, 0.3) is 0 Å². The summed E-state index contributed by atoms with van der Waals surface area (Å²) < 4.78 is 0. The van der Waals surface area contributed by atoms with Gasteiger partial charge in [0.25, 0.3) is 0 Å². The van der Waals surface area contributed by atoms with Crippen LogP contribution in [0.2, 0.25) is 0 Å². The molecule has 0 saturated carbocycles. The van der Waals surface area contributed by atoms with Gasteiger partial charge in [0.1, 0.15) is 5.82 Å². The molecule has 0 bridgehead atoms. The first kappa shape index (κ1) is 15.7. The molecule has 0 fully saturated rings. The predicted molar refractivity (Wildman–Crippen MR) is 92.4 cm³/mol. The van der Waals surface area contributed by atoms with E-state index in [4.69, 9.17) is 5.73 Å². The van der Waals surface area contributed by atoms with E-state index in [0.717, 1.165) is 36.5 Å². The summed E-state index contributed by atoms with van der Waals surface area (Å²) in [7, 11) is 2.01. The molecule has 1 atom stereocenters. The van der Waals surface area contributed by atoms with E-state index >= 15 is 0 Å². The number of hydrogen-bond donors (Lipinski definition) is 2. The third-order valence-electron chi connectivity index (χ3n) is 4.46. The Labute approximate surface area is 137 Å². The van der Waals surface area contributed by atoms with Gasteiger partial charge in [-0.1, -0.05) is 30.3 Å². The number of benzene rings is 1. The second kappa shape index (κ2) is 6.96. The summed E-state index contributed by atoms with van der Waals surface area (Å²) in [5.41, 5.74) is 9.13. The zero-order valence-electron chi connectivity index (χ0n) is 13.6. The number of aromatic nitrogens is 2. The maximum absolute atomic E-state index is 10.3. The minimum atomic E-state index is -0.464. The van der Waals surface area contributed by atoms with E-state index in [-0.39, 0.29) is 0 Å². The molecule has 2 aromatic rings. The van der Waals surface area contributed by atoms with E-state index in [9.17, 15) is 5.11 Å². The van der Waals surface area contributed by atoms with Gasteiger partial charge in [0, 0.05) is 19.2 Å². The van der Waals surface area contributed by atoms with Crippen LogP contribution in [-0.2, 0) is 12.8 Å². The van der Waals surface area contributed by atoms with Crippen molar-refractivity contribution < 1.29 is 5.11 Å². The Kier molecular flexibility index (Phi) is 4.76. The Bertz CT molecular complexity index is 660. The van der Waals surface area contributed by atoms with Gasteiger partial charge in [-0.2, -0.15) is 4.98 Å². The molecule has 23 heavy (non-hydrogen) atoms. The fourth-order valence-electron chi connectivity index (χ4n) is 3.17. The molecule has 0 radical (unpaired) electrons. The molecule has 0 unspecified atom stereocenters. The minimum absolute atomic E-state index is 0.344. The van der Waals surface area contributed by atoms with Crippen molar-refractivity contribution in [3.63, 3.8) is 0 Å². The SMILES string of the molecule is CN(CC[C@H](O)c1ccccc1)c1nc(N)nc2c1CCCC2. The smallest absolute Gasteiger partial charge is 0.222 e. The maximum Gasteiger partial charge on any atom is 0.222 e. The number of rotatable bonds is 5. The molecular weight excluding hydrogens is 288 g/mol. The van der Waals surface area contributed by atoms with Crippen LogP contribution in [0, 0.1) is 0 Å². The number of hydrogen-bond acceptors (Lipinski definition) is 5. The molecule has 1 aromatic heterocycles. The third kappa shape index (κ3) is 3.62. The van der Waals surface area contributed by atoms with E-state index in [1.165, 1.54) is 18.4 Å². The lowest BCUT2D eigenvalue weighted by molar-refractivity contribution is 0.169. The molecule has 3 N–H and O–H groups in total. The molecule has 0 saturated heterocycles. The van der Waals surface area contributed by atoms with Gasteiger partial charge in [-0.25, -0.2) is 4.98 Å². The second-order valence-corrected chi connectivity index (χ2v) is 6.17. The lowest BCUT2D eigenvalue weighted by Gasteiger charge is -2.26. The standard InChI is InChI=1S/C18H24N4O/c1-22(12-11-16(23)13-7-3-2-4-8-13)17-14-9-5-6-10-15(14)20-18(19)21-17/h2-4,7-8,16,23H,5-6,9-12H2,1H3,(H2,19,20,21)/t16-/m0/s1. The molecule has 0 spiro atoms. The molecule has 1 aliphatic carbocycles. The summed E-state index contributed by atoms with van der Waals surface area (Å²) >= 11 is 0. The first-order valence-electron chi connectivity index (χ1n) is 8.24. The van der Waals surface area contributed by atoms with E-state index in [0.29, 0.717) is 12.4 Å². The van der Waals surface area contributed by atoms with E-state index in [1.54, 1.807) is 0 Å². The van der Waals surface area contributed by atoms with Crippen molar-refractivity contribution >= 4 is 11.8 Å². The molecule has 122 valence electrons. The summed E-state index contributed by atoms with van der Waals surface area (Å²) in [6, 6.07) is 9.76. The quantitative estimate of drug-likeness (QED) is 0.887. The number of nitrogens with two attached hydrogens (primary N) is 1. The maximum atomic E-state index is 10.3. The van der Waals surface area contributed by atoms with Crippen molar-refractivity contribution in [1.29, 1.82) is 0 Å². The summed E-state index contributed by atoms with van der Waals surface area (Å²) in [6.07, 6.45) is 4.52. The molecule has 3 rings (SSSR count). The van der Waals surface area contributed by atoms with Crippen LogP contribution in [0.15, 0.2) is 30.3 Å². The van der Waals surface area contributed by atoms with Crippen molar-refractivity contribution in [2.75, 3.05) is 24.2 Å². The van der Waals surface area contributed by atoms with Crippen molar-refractivity contribution in [1.82, 2.24) is 9.97 Å². The monoisotopic (exact) mass is 312 g/mol. The highest BCUT2D eigenvalue weighted by molar-refractivity contribution is 5.52. The van der Waals surface area contributed by atoms with Crippen LogP contribution < -0.4 is 10.6 Å². The number of nitrogens with zero attached hydrogens (tertiary/aromatic N) is 3. The highest BCUT2D eigenvalue weighted by Gasteiger charge is 2.20. The number of nitrogen functional groups attached to an aromatic ring is 1. The summed E-state index contributed by atoms with van der Waals surface area (Å²) in [4.78, 5) is 10.9. The van der Waals surface area contributed by atoms with E-state index < -0.39 is 6.10 Å². The molecule has 0 aliphatic heterocycles. The fraction of sp³-hybridized carbons (Fsp3) is 0.444. The van der Waals surface area contributed by atoms with Crippen LogP contribution >= 0.6 is 0 Å². The normalized spacial score (nSPS) is 15.0. The van der Waals surface area contributed by atoms with Crippen LogP contribution in [-0.4, -0.2) is 28.7 Å². The Balaban J connectivity index is 1.71. The van der Waals surface area contributed by atoms with E-state index in [2.05, 4.69) is 14.9 Å². The van der Waals surface area contributed by atoms with Crippen molar-refractivity contribution in [2.24, 2.45) is 0 Å². The van der Waals surface area contributed by atoms with Gasteiger partial charge in [0.15, 0.2) is 0 Å². The average Bonchev–Trinajstić information content (AvgIpc) is 2.59. The topological polar surface area (TPSA) is 75.3 Å². The molecule has 5 heteroatoms. The van der Waals surface area contributed by atoms with Crippen molar-refractivity contribution in [3.8, 4) is 0 Å². The van der Waals surface area contributed by atoms with Gasteiger partial charge in [-0.15, -0.1) is 0 Å². The highest BCUT2D eigenvalue weighted by Crippen LogP contribution is 2.28. The lowest BCUT2D eigenvalue weighted by Crippen LogP contribution is -2.25. The van der Waals surface area contributed by atoms with Crippen LogP contribution in [0.1, 0.15) is 42.2 Å². The first-order valence-corrected chi connectivity index (χ1v) is 8.24. The zero-order valence-corrected chi connectivity index (χ0v) is 13.6. The summed E-state index contributed by atoms with van der Waals surface area (Å²) in [5, 5.41) is 10.3. The van der Waals surface area contributed by atoms with Gasteiger partial charge in [-0.05, 0) is 37.7 Å². The van der Waals surface area contributed by atoms with Crippen molar-refractivity contribution in [3.05, 3.63) is 47.2 Å². The zero-order chi connectivity index (χ0) is 16.2. The lowest BCUT2D eigenvalue weighted by atomic mass is 9.96. The number of aliphatic hydroxyl groups is 1. The van der Waals surface area contributed by atoms with Gasteiger partial charge in [0.05, 0.1) is 11.8 Å². The van der Waals surface area contributed by atoms with Gasteiger partial charge in [0.2, 0.25) is 5.95 Å². The van der Waals surface area contributed by atoms with Crippen LogP contribution in [0.4, 0.5) is 11.8 Å². The summed E-state index contributed by atoms with van der Waals surface area (Å²) in [5.74, 6) is 1.27. The number of aliphatic hydroxyl groups excluding tert-OH is 1. The highest BCUT2D eigenvalue weighted by atomic mass is 16.3. The van der Waals surface area contributed by atoms with Crippen LogP contribution in [0.3, 0.4) is 0 Å². The molecule has 1 heterocycles. The Hall–Kier alpha value is -2.14. The Morgan fingerprint density at radius 2 is 1.91 bits per heavy atom. The predicted octanol–water partition coefficient (Wildman–Crippen LogP) is 2.50. The second-order valence-electron chi connectivity index (χ2n) is 6.17. The molecule has 1 aliphatic rings. The number of fused-ring (bicyclic) bond motifs is 1. The molecular formula is C18H24N4O. The first-order chi connectivity index (χ1) is 11.1. The summed E-state index contributed by atoms with van der Waals surface area (Å²) in [6.45, 7) is 0.721. The number of aryl methyl sites for hydroxylation is 1. The molecule has 1 aromatic carbocycles. The molecule has 0 amide bonds. The van der Waals surface area contributed by atoms with Gasteiger partial charge in [-0.3, -0.25) is 0 Å². The fourth-order valence-corrected chi connectivity index (χ4v) is 3.17. The van der Waals surface area contributed by atoms with Crippen LogP contribution in [0.5, 0.6) is 0 Å². The third-order valence-corrected chi connectivity index (χ3v) is 4.46. The Morgan fingerprint density at radius 3 is 2.70 bits per heavy atom. The minimum Gasteiger partial charge on any atom is -0.388 e. The van der Waals surface area contributed by atoms with Crippen molar-refractivity contribution in [2.45, 2.75) is 38.2 Å².